The molecule has 0 aliphatic heterocycles. The van der Waals surface area contributed by atoms with Crippen LogP contribution in [0.15, 0.2) is 133 Å². The summed E-state index contributed by atoms with van der Waals surface area (Å²) in [5.74, 6) is -0.661. The van der Waals surface area contributed by atoms with E-state index in [2.05, 4.69) is 23.2 Å². The number of aromatic nitrogens is 4. The first-order valence-corrected chi connectivity index (χ1v) is 13.0. The highest BCUT2D eigenvalue weighted by Crippen LogP contribution is 2.46. The first-order valence-electron chi connectivity index (χ1n) is 18.0. The SMILES string of the molecule is [2H]c1c([2H])c([2H])c(-c2nc(-c3c([2H])c([2H])c([2H])c([2H])c3[2H])nc(-n3c4cccc5c6ccccc6c6c7ccccc7cc3c6c54)n2)c([2H])c1[2H]. The maximum absolute atomic E-state index is 8.73. The quantitative estimate of drug-likeness (QED) is 0.213. The minimum atomic E-state index is -0.599. The van der Waals surface area contributed by atoms with Gasteiger partial charge in [0.1, 0.15) is 0 Å². The van der Waals surface area contributed by atoms with Crippen molar-refractivity contribution < 1.29 is 13.7 Å². The predicted molar refractivity (Wildman–Crippen MR) is 169 cm³/mol. The molecule has 0 spiro atoms. The van der Waals surface area contributed by atoms with E-state index in [4.69, 9.17) is 23.7 Å². The van der Waals surface area contributed by atoms with Crippen molar-refractivity contribution in [2.45, 2.75) is 0 Å². The van der Waals surface area contributed by atoms with Gasteiger partial charge in [0.25, 0.3) is 0 Å². The Morgan fingerprint density at radius 1 is 0.488 bits per heavy atom. The fourth-order valence-corrected chi connectivity index (χ4v) is 5.95. The Balaban J connectivity index is 1.50. The lowest BCUT2D eigenvalue weighted by molar-refractivity contribution is 0.954. The molecule has 4 heteroatoms. The Bertz CT molecular complexity index is 2840. The van der Waals surface area contributed by atoms with Crippen LogP contribution in [0.25, 0.3) is 82.8 Å². The fraction of sp³-hybridized carbons (Fsp3) is 0. The molecule has 0 bridgehead atoms. The third-order valence-corrected chi connectivity index (χ3v) is 7.56. The summed E-state index contributed by atoms with van der Waals surface area (Å²) in [4.78, 5) is 14.0. The molecule has 0 radical (unpaired) electrons. The molecule has 0 amide bonds. The highest BCUT2D eigenvalue weighted by Gasteiger charge is 2.23. The van der Waals surface area contributed by atoms with Crippen LogP contribution < -0.4 is 0 Å². The summed E-state index contributed by atoms with van der Waals surface area (Å²) < 4.78 is 86.3. The zero-order valence-electron chi connectivity index (χ0n) is 31.2. The molecule has 9 rings (SSSR count). The van der Waals surface area contributed by atoms with Crippen LogP contribution >= 0.6 is 0 Å². The van der Waals surface area contributed by atoms with Crippen LogP contribution in [0.1, 0.15) is 13.7 Å². The summed E-state index contributed by atoms with van der Waals surface area (Å²) in [6.07, 6.45) is 0. The average molecular weight is 533 g/mol. The third kappa shape index (κ3) is 3.19. The molecular formula is C37H22N4. The molecular weight excluding hydrogens is 500 g/mol. The molecule has 0 fully saturated rings. The van der Waals surface area contributed by atoms with Crippen molar-refractivity contribution in [1.82, 2.24) is 19.5 Å². The molecule has 0 saturated heterocycles. The second-order valence-electron chi connectivity index (χ2n) is 9.73. The highest BCUT2D eigenvalue weighted by molar-refractivity contribution is 6.39. The number of hydrogen-bond acceptors (Lipinski definition) is 3. The predicted octanol–water partition coefficient (Wildman–Crippen LogP) is 9.20. The van der Waals surface area contributed by atoms with Crippen LogP contribution in [0.5, 0.6) is 0 Å². The van der Waals surface area contributed by atoms with Crippen molar-refractivity contribution in [1.29, 1.82) is 0 Å². The van der Waals surface area contributed by atoms with Crippen LogP contribution in [0.2, 0.25) is 0 Å². The van der Waals surface area contributed by atoms with E-state index >= 15 is 0 Å². The van der Waals surface area contributed by atoms with E-state index in [1.54, 1.807) is 4.57 Å². The van der Waals surface area contributed by atoms with Crippen molar-refractivity contribution in [3.8, 4) is 28.7 Å². The summed E-state index contributed by atoms with van der Waals surface area (Å²) in [6, 6.07) is 18.3. The van der Waals surface area contributed by atoms with Gasteiger partial charge in [0.15, 0.2) is 11.6 Å². The van der Waals surface area contributed by atoms with E-state index in [1.165, 1.54) is 0 Å². The van der Waals surface area contributed by atoms with E-state index in [-0.39, 0.29) is 28.7 Å². The standard InChI is InChI=1S/C37H22N4/c1-3-12-23(13-4-1)35-38-36(24-14-5-2-6-15-24)40-37(39-35)41-30-21-11-20-29-27-18-9-10-19-28(27)32-26-17-8-7-16-25(26)22-31(41)34(32)33(29)30/h1-22H/i1D,2D,3D,4D,5D,6D,12D,13D,14D,15D. The van der Waals surface area contributed by atoms with Gasteiger partial charge in [0, 0.05) is 27.3 Å². The average Bonchev–Trinajstić information content (AvgIpc) is 3.48. The van der Waals surface area contributed by atoms with Gasteiger partial charge in [-0.15, -0.1) is 0 Å². The maximum Gasteiger partial charge on any atom is 0.238 e. The molecule has 0 unspecified atom stereocenters. The largest absolute Gasteiger partial charge is 0.278 e. The Hall–Kier alpha value is -5.61. The molecule has 0 atom stereocenters. The van der Waals surface area contributed by atoms with Crippen LogP contribution in [-0.4, -0.2) is 19.5 Å². The second-order valence-corrected chi connectivity index (χ2v) is 9.73. The number of benzene rings is 7. The Labute approximate surface area is 249 Å². The van der Waals surface area contributed by atoms with E-state index in [1.807, 2.05) is 54.6 Å². The third-order valence-electron chi connectivity index (χ3n) is 7.56. The zero-order valence-corrected chi connectivity index (χ0v) is 21.2. The van der Waals surface area contributed by atoms with Gasteiger partial charge < -0.3 is 0 Å². The Morgan fingerprint density at radius 2 is 1.07 bits per heavy atom. The smallest absolute Gasteiger partial charge is 0.238 e. The topological polar surface area (TPSA) is 43.6 Å². The van der Waals surface area contributed by atoms with Gasteiger partial charge in [0.05, 0.1) is 24.7 Å². The van der Waals surface area contributed by atoms with E-state index in [0.29, 0.717) is 11.0 Å². The minimum absolute atomic E-state index is 0.0297. The highest BCUT2D eigenvalue weighted by atomic mass is 15.2. The van der Waals surface area contributed by atoms with Gasteiger partial charge in [0.2, 0.25) is 5.95 Å². The lowest BCUT2D eigenvalue weighted by Gasteiger charge is -2.12. The van der Waals surface area contributed by atoms with Gasteiger partial charge in [-0.3, -0.25) is 4.57 Å². The van der Waals surface area contributed by atoms with Crippen LogP contribution in [0.4, 0.5) is 0 Å². The summed E-state index contributed by atoms with van der Waals surface area (Å²) in [5, 5.41) is 7.95. The zero-order chi connectivity index (χ0) is 35.6. The number of rotatable bonds is 3. The molecule has 4 nitrogen and oxygen atoms in total. The maximum atomic E-state index is 8.73. The number of nitrogens with zero attached hydrogens (tertiary/aromatic N) is 4. The molecule has 0 aliphatic carbocycles. The molecule has 190 valence electrons. The minimum Gasteiger partial charge on any atom is -0.278 e. The summed E-state index contributed by atoms with van der Waals surface area (Å²) in [5.41, 5.74) is 0.787. The normalized spacial score (nSPS) is 15.3. The van der Waals surface area contributed by atoms with E-state index in [9.17, 15) is 0 Å². The summed E-state index contributed by atoms with van der Waals surface area (Å²) >= 11 is 0. The summed E-state index contributed by atoms with van der Waals surface area (Å²) in [6.45, 7) is 0. The van der Waals surface area contributed by atoms with Gasteiger partial charge in [-0.2, -0.15) is 9.97 Å². The molecule has 9 aromatic rings. The van der Waals surface area contributed by atoms with Crippen molar-refractivity contribution in [3.63, 3.8) is 0 Å². The van der Waals surface area contributed by atoms with Crippen LogP contribution in [0.3, 0.4) is 0 Å². The molecule has 0 N–H and O–H groups in total. The molecule has 41 heavy (non-hydrogen) atoms. The molecule has 0 aliphatic rings. The van der Waals surface area contributed by atoms with Gasteiger partial charge >= 0.3 is 0 Å². The number of hydrogen-bond donors (Lipinski definition) is 0. The van der Waals surface area contributed by atoms with Crippen molar-refractivity contribution in [3.05, 3.63) is 133 Å². The first-order chi connectivity index (χ1) is 24.5. The molecule has 0 saturated carbocycles. The second kappa shape index (κ2) is 8.44. The Kier molecular flexibility index (Phi) is 3.02. The van der Waals surface area contributed by atoms with Gasteiger partial charge in [-0.05, 0) is 39.1 Å². The van der Waals surface area contributed by atoms with Crippen LogP contribution in [-0.2, 0) is 0 Å². The first kappa shape index (κ1) is 14.7. The van der Waals surface area contributed by atoms with Crippen molar-refractivity contribution >= 4 is 54.1 Å². The molecule has 2 aromatic heterocycles. The lowest BCUT2D eigenvalue weighted by atomic mass is 9.91. The summed E-state index contributed by atoms with van der Waals surface area (Å²) in [7, 11) is 0. The number of fused-ring (bicyclic) bond motifs is 5. The van der Waals surface area contributed by atoms with Crippen LogP contribution in [0, 0.1) is 0 Å². The van der Waals surface area contributed by atoms with Crippen molar-refractivity contribution in [2.24, 2.45) is 0 Å². The van der Waals surface area contributed by atoms with E-state index < -0.39 is 60.4 Å². The molecule has 2 heterocycles. The molecule has 7 aromatic carbocycles. The van der Waals surface area contributed by atoms with E-state index in [0.717, 1.165) is 43.1 Å². The van der Waals surface area contributed by atoms with Crippen molar-refractivity contribution in [2.75, 3.05) is 0 Å². The Morgan fingerprint density at radius 3 is 1.78 bits per heavy atom. The van der Waals surface area contributed by atoms with Gasteiger partial charge in [-0.25, -0.2) is 4.98 Å². The monoisotopic (exact) mass is 532 g/mol. The van der Waals surface area contributed by atoms with Gasteiger partial charge in [-0.1, -0.05) is 121 Å². The lowest BCUT2D eigenvalue weighted by Crippen LogP contribution is -2.06. The fourth-order valence-electron chi connectivity index (χ4n) is 5.95.